The first-order valence-corrected chi connectivity index (χ1v) is 7.05. The molecule has 0 bridgehead atoms. The molecule has 0 atom stereocenters. The lowest BCUT2D eigenvalue weighted by Gasteiger charge is -2.09. The van der Waals surface area contributed by atoms with Crippen LogP contribution in [0.15, 0.2) is 52.5 Å². The highest BCUT2D eigenvalue weighted by atomic mass is 32.2. The number of hydrogen-bond donors (Lipinski definition) is 2. The molecule has 3 N–H and O–H groups in total. The van der Waals surface area contributed by atoms with Crippen LogP contribution in [0, 0.1) is 12.7 Å². The normalized spacial score (nSPS) is 11.6. The number of oxime groups is 1. The lowest BCUT2D eigenvalue weighted by Crippen LogP contribution is -2.15. The summed E-state index contributed by atoms with van der Waals surface area (Å²) >= 11 is 1.63. The van der Waals surface area contributed by atoms with Gasteiger partial charge < -0.3 is 10.9 Å². The molecule has 0 aromatic heterocycles. The van der Waals surface area contributed by atoms with Gasteiger partial charge in [-0.15, -0.1) is 11.8 Å². The van der Waals surface area contributed by atoms with Gasteiger partial charge in [-0.2, -0.15) is 0 Å². The summed E-state index contributed by atoms with van der Waals surface area (Å²) in [5.41, 5.74) is 8.03. The van der Waals surface area contributed by atoms with Gasteiger partial charge in [-0.3, -0.25) is 0 Å². The summed E-state index contributed by atoms with van der Waals surface area (Å²) in [7, 11) is 0. The average molecular weight is 290 g/mol. The number of halogens is 1. The summed E-state index contributed by atoms with van der Waals surface area (Å²) in [5.74, 6) is 0.137. The molecule has 20 heavy (non-hydrogen) atoms. The van der Waals surface area contributed by atoms with E-state index in [1.165, 1.54) is 17.7 Å². The number of benzene rings is 2. The number of nitrogens with zero attached hydrogens (tertiary/aromatic N) is 1. The largest absolute Gasteiger partial charge is 0.409 e. The minimum Gasteiger partial charge on any atom is -0.409 e. The van der Waals surface area contributed by atoms with Crippen molar-refractivity contribution in [3.63, 3.8) is 0 Å². The number of amidine groups is 1. The molecule has 2 aromatic rings. The Kier molecular flexibility index (Phi) is 4.63. The highest BCUT2D eigenvalue weighted by Gasteiger charge is 2.09. The highest BCUT2D eigenvalue weighted by molar-refractivity contribution is 7.98. The molecular formula is C15H15FN2OS. The molecule has 0 saturated heterocycles. The lowest BCUT2D eigenvalue weighted by atomic mass is 10.1. The summed E-state index contributed by atoms with van der Waals surface area (Å²) in [6.45, 7) is 2.04. The van der Waals surface area contributed by atoms with Gasteiger partial charge in [0.1, 0.15) is 5.82 Å². The summed E-state index contributed by atoms with van der Waals surface area (Å²) in [6, 6.07) is 12.4. The molecule has 0 spiro atoms. The monoisotopic (exact) mass is 290 g/mol. The van der Waals surface area contributed by atoms with Gasteiger partial charge in [0.2, 0.25) is 0 Å². The first kappa shape index (κ1) is 14.4. The number of hydrogen-bond acceptors (Lipinski definition) is 3. The molecule has 0 aliphatic heterocycles. The second-order valence-corrected chi connectivity index (χ2v) is 5.36. The van der Waals surface area contributed by atoms with Crippen molar-refractivity contribution in [2.75, 3.05) is 0 Å². The van der Waals surface area contributed by atoms with Gasteiger partial charge >= 0.3 is 0 Å². The Balaban J connectivity index is 2.24. The third-order valence-electron chi connectivity index (χ3n) is 2.93. The van der Waals surface area contributed by atoms with E-state index in [4.69, 9.17) is 10.9 Å². The SMILES string of the molecule is Cc1ccccc1SCc1ccc(F)cc1C(N)=NO. The molecule has 0 aliphatic rings. The van der Waals surface area contributed by atoms with Crippen LogP contribution in [-0.2, 0) is 5.75 Å². The van der Waals surface area contributed by atoms with Gasteiger partial charge in [-0.1, -0.05) is 29.4 Å². The molecule has 5 heteroatoms. The Morgan fingerprint density at radius 2 is 2.05 bits per heavy atom. The van der Waals surface area contributed by atoms with E-state index in [9.17, 15) is 4.39 Å². The predicted octanol–water partition coefficient (Wildman–Crippen LogP) is 3.52. The van der Waals surface area contributed by atoms with Crippen LogP contribution in [0.25, 0.3) is 0 Å². The molecule has 0 radical (unpaired) electrons. The van der Waals surface area contributed by atoms with E-state index in [1.54, 1.807) is 17.8 Å². The van der Waals surface area contributed by atoms with Crippen LogP contribution in [0.5, 0.6) is 0 Å². The maximum Gasteiger partial charge on any atom is 0.170 e. The van der Waals surface area contributed by atoms with E-state index in [0.29, 0.717) is 11.3 Å². The molecule has 2 rings (SSSR count). The summed E-state index contributed by atoms with van der Waals surface area (Å²) in [6.07, 6.45) is 0. The van der Waals surface area contributed by atoms with E-state index < -0.39 is 5.82 Å². The van der Waals surface area contributed by atoms with Crippen LogP contribution in [0.1, 0.15) is 16.7 Å². The highest BCUT2D eigenvalue weighted by Crippen LogP contribution is 2.27. The van der Waals surface area contributed by atoms with Crippen molar-refractivity contribution in [1.82, 2.24) is 0 Å². The fourth-order valence-corrected chi connectivity index (χ4v) is 2.87. The van der Waals surface area contributed by atoms with Gasteiger partial charge in [0.15, 0.2) is 5.84 Å². The summed E-state index contributed by atoms with van der Waals surface area (Å²) < 4.78 is 13.3. The van der Waals surface area contributed by atoms with Crippen molar-refractivity contribution in [2.24, 2.45) is 10.9 Å². The first-order chi connectivity index (χ1) is 9.61. The predicted molar refractivity (Wildman–Crippen MR) is 79.7 cm³/mol. The average Bonchev–Trinajstić information content (AvgIpc) is 2.46. The van der Waals surface area contributed by atoms with Crippen molar-refractivity contribution in [3.8, 4) is 0 Å². The molecule has 2 aromatic carbocycles. The van der Waals surface area contributed by atoms with Crippen molar-refractivity contribution >= 4 is 17.6 Å². The van der Waals surface area contributed by atoms with E-state index >= 15 is 0 Å². The molecule has 3 nitrogen and oxygen atoms in total. The Labute approximate surface area is 121 Å². The zero-order valence-electron chi connectivity index (χ0n) is 11.0. The Hall–Kier alpha value is -2.01. The van der Waals surface area contributed by atoms with Crippen molar-refractivity contribution in [1.29, 1.82) is 0 Å². The van der Waals surface area contributed by atoms with Gasteiger partial charge in [0.25, 0.3) is 0 Å². The maximum atomic E-state index is 13.3. The van der Waals surface area contributed by atoms with Crippen LogP contribution >= 0.6 is 11.8 Å². The summed E-state index contributed by atoms with van der Waals surface area (Å²) in [4.78, 5) is 1.15. The minimum atomic E-state index is -0.406. The fraction of sp³-hybridized carbons (Fsp3) is 0.133. The van der Waals surface area contributed by atoms with Crippen LogP contribution in [0.2, 0.25) is 0 Å². The minimum absolute atomic E-state index is 0.0788. The standard InChI is InChI=1S/C15H15FN2OS/c1-10-4-2-3-5-14(10)20-9-11-6-7-12(16)8-13(11)15(17)18-19/h2-8,19H,9H2,1H3,(H2,17,18). The number of rotatable bonds is 4. The zero-order chi connectivity index (χ0) is 14.5. The quantitative estimate of drug-likeness (QED) is 0.298. The molecule has 0 saturated carbocycles. The Morgan fingerprint density at radius 3 is 2.75 bits per heavy atom. The molecule has 0 unspecified atom stereocenters. The molecular weight excluding hydrogens is 275 g/mol. The third-order valence-corrected chi connectivity index (χ3v) is 4.16. The maximum absolute atomic E-state index is 13.3. The van der Waals surface area contributed by atoms with Crippen molar-refractivity contribution in [2.45, 2.75) is 17.6 Å². The number of aryl methyl sites for hydroxylation is 1. The Morgan fingerprint density at radius 1 is 1.30 bits per heavy atom. The number of nitrogens with two attached hydrogens (primary N) is 1. The first-order valence-electron chi connectivity index (χ1n) is 6.06. The van der Waals surface area contributed by atoms with Gasteiger partial charge in [-0.05, 0) is 36.2 Å². The van der Waals surface area contributed by atoms with Crippen LogP contribution < -0.4 is 5.73 Å². The Bertz CT molecular complexity index is 644. The van der Waals surface area contributed by atoms with E-state index in [-0.39, 0.29) is 5.84 Å². The van der Waals surface area contributed by atoms with Gasteiger partial charge in [0, 0.05) is 16.2 Å². The van der Waals surface area contributed by atoms with E-state index in [1.807, 2.05) is 31.2 Å². The number of thioether (sulfide) groups is 1. The lowest BCUT2D eigenvalue weighted by molar-refractivity contribution is 0.318. The molecule has 0 heterocycles. The summed E-state index contributed by atoms with van der Waals surface area (Å²) in [5, 5.41) is 11.7. The fourth-order valence-electron chi connectivity index (χ4n) is 1.84. The zero-order valence-corrected chi connectivity index (χ0v) is 11.8. The third kappa shape index (κ3) is 3.30. The molecule has 0 amide bonds. The molecule has 0 fully saturated rings. The smallest absolute Gasteiger partial charge is 0.170 e. The van der Waals surface area contributed by atoms with Crippen LogP contribution in [0.4, 0.5) is 4.39 Å². The van der Waals surface area contributed by atoms with E-state index in [2.05, 4.69) is 5.16 Å². The second-order valence-electron chi connectivity index (χ2n) is 4.34. The topological polar surface area (TPSA) is 58.6 Å². The van der Waals surface area contributed by atoms with Crippen molar-refractivity contribution in [3.05, 3.63) is 65.0 Å². The van der Waals surface area contributed by atoms with Crippen LogP contribution in [-0.4, -0.2) is 11.0 Å². The van der Waals surface area contributed by atoms with Crippen LogP contribution in [0.3, 0.4) is 0 Å². The van der Waals surface area contributed by atoms with Crippen molar-refractivity contribution < 1.29 is 9.60 Å². The van der Waals surface area contributed by atoms with Gasteiger partial charge in [-0.25, -0.2) is 4.39 Å². The van der Waals surface area contributed by atoms with E-state index in [0.717, 1.165) is 10.5 Å². The second kappa shape index (κ2) is 6.43. The molecule has 104 valence electrons. The molecule has 0 aliphatic carbocycles. The van der Waals surface area contributed by atoms with Gasteiger partial charge in [0.05, 0.1) is 0 Å².